The zero-order valence-electron chi connectivity index (χ0n) is 31.0. The van der Waals surface area contributed by atoms with Crippen molar-refractivity contribution in [3.63, 3.8) is 0 Å². The Morgan fingerprint density at radius 2 is 0.897 bits per heavy atom. The second-order valence-electron chi connectivity index (χ2n) is 14.6. The summed E-state index contributed by atoms with van der Waals surface area (Å²) in [7, 11) is 0. The first kappa shape index (κ1) is 32.3. The number of pyridine rings is 1. The van der Waals surface area contributed by atoms with Gasteiger partial charge in [-0.15, -0.1) is 0 Å². The van der Waals surface area contributed by atoms with Crippen molar-refractivity contribution in [3.05, 3.63) is 188 Å². The van der Waals surface area contributed by atoms with E-state index in [0.717, 1.165) is 98.9 Å². The van der Waals surface area contributed by atoms with E-state index in [4.69, 9.17) is 24.4 Å². The fourth-order valence-corrected chi connectivity index (χ4v) is 8.57. The molecule has 4 heterocycles. The number of rotatable bonds is 5. The van der Waals surface area contributed by atoms with Crippen LogP contribution in [-0.4, -0.2) is 24.5 Å². The highest BCUT2D eigenvalue weighted by molar-refractivity contribution is 6.28. The van der Waals surface area contributed by atoms with Crippen molar-refractivity contribution in [3.8, 4) is 51.1 Å². The van der Waals surface area contributed by atoms with Gasteiger partial charge < -0.3 is 4.42 Å². The van der Waals surface area contributed by atoms with Crippen LogP contribution in [0.5, 0.6) is 0 Å². The predicted molar refractivity (Wildman–Crippen MR) is 236 cm³/mol. The van der Waals surface area contributed by atoms with E-state index in [1.54, 1.807) is 0 Å². The smallest absolute Gasteiger partial charge is 0.238 e. The zero-order valence-corrected chi connectivity index (χ0v) is 31.0. The Morgan fingerprint density at radius 3 is 1.60 bits per heavy atom. The van der Waals surface area contributed by atoms with Crippen molar-refractivity contribution >= 4 is 65.4 Å². The molecule has 0 atom stereocenters. The van der Waals surface area contributed by atoms with Gasteiger partial charge in [-0.1, -0.05) is 152 Å². The maximum Gasteiger partial charge on any atom is 0.238 e. The molecule has 4 aromatic heterocycles. The molecule has 0 N–H and O–H groups in total. The lowest BCUT2D eigenvalue weighted by atomic mass is 9.94. The van der Waals surface area contributed by atoms with Crippen LogP contribution in [0.3, 0.4) is 0 Å². The van der Waals surface area contributed by atoms with Crippen LogP contribution in [0.15, 0.2) is 192 Å². The highest BCUT2D eigenvalue weighted by atomic mass is 16.3. The van der Waals surface area contributed by atoms with Gasteiger partial charge in [0, 0.05) is 54.4 Å². The van der Waals surface area contributed by atoms with E-state index in [0.29, 0.717) is 17.6 Å². The number of fused-ring (bicyclic) bond motifs is 10. The molecule has 0 amide bonds. The van der Waals surface area contributed by atoms with E-state index < -0.39 is 0 Å². The number of nitrogens with zero attached hydrogens (tertiary/aromatic N) is 5. The molecule has 8 aromatic carbocycles. The van der Waals surface area contributed by atoms with Crippen LogP contribution in [0.2, 0.25) is 0 Å². The van der Waals surface area contributed by atoms with Gasteiger partial charge in [-0.2, -0.15) is 9.97 Å². The first-order valence-corrected chi connectivity index (χ1v) is 19.4. The van der Waals surface area contributed by atoms with Gasteiger partial charge in [0.25, 0.3) is 0 Å². The second kappa shape index (κ2) is 12.8. The Morgan fingerprint density at radius 1 is 0.345 bits per heavy atom. The van der Waals surface area contributed by atoms with Crippen molar-refractivity contribution in [2.45, 2.75) is 0 Å². The molecule has 0 radical (unpaired) electrons. The monoisotopic (exact) mass is 741 g/mol. The highest BCUT2D eigenvalue weighted by Crippen LogP contribution is 2.42. The van der Waals surface area contributed by atoms with Crippen molar-refractivity contribution < 1.29 is 4.42 Å². The van der Waals surface area contributed by atoms with Crippen molar-refractivity contribution in [1.82, 2.24) is 24.5 Å². The summed E-state index contributed by atoms with van der Waals surface area (Å²) in [6.07, 6.45) is 0. The summed E-state index contributed by atoms with van der Waals surface area (Å²) in [4.78, 5) is 20.6. The molecule has 0 unspecified atom stereocenters. The normalized spacial score (nSPS) is 11.8. The van der Waals surface area contributed by atoms with E-state index in [9.17, 15) is 0 Å². The number of aromatic nitrogens is 5. The number of benzene rings is 8. The van der Waals surface area contributed by atoms with Crippen LogP contribution in [0.25, 0.3) is 117 Å². The van der Waals surface area contributed by atoms with E-state index in [1.165, 1.54) is 0 Å². The molecule has 0 aliphatic carbocycles. The molecular weight excluding hydrogens is 711 g/mol. The maximum absolute atomic E-state index is 6.36. The minimum atomic E-state index is 0.576. The Balaban J connectivity index is 1.01. The molecule has 58 heavy (non-hydrogen) atoms. The van der Waals surface area contributed by atoms with E-state index >= 15 is 0 Å². The molecule has 0 aliphatic heterocycles. The average molecular weight is 742 g/mol. The van der Waals surface area contributed by atoms with Crippen LogP contribution in [0.4, 0.5) is 0 Å². The minimum Gasteiger partial charge on any atom is -0.456 e. The van der Waals surface area contributed by atoms with Gasteiger partial charge in [0.15, 0.2) is 11.6 Å². The van der Waals surface area contributed by atoms with Crippen LogP contribution in [-0.2, 0) is 0 Å². The Labute approximate surface area is 332 Å². The van der Waals surface area contributed by atoms with Gasteiger partial charge in [0.1, 0.15) is 11.2 Å². The van der Waals surface area contributed by atoms with Crippen molar-refractivity contribution in [2.24, 2.45) is 0 Å². The molecule has 0 spiro atoms. The molecule has 12 aromatic rings. The van der Waals surface area contributed by atoms with Crippen LogP contribution in [0, 0.1) is 0 Å². The third-order valence-electron chi connectivity index (χ3n) is 11.3. The molecule has 0 fully saturated rings. The quantitative estimate of drug-likeness (QED) is 0.164. The number of furan rings is 1. The molecule has 0 saturated carbocycles. The Kier molecular flexibility index (Phi) is 7.13. The van der Waals surface area contributed by atoms with E-state index in [1.807, 2.05) is 48.5 Å². The SMILES string of the molecule is c1ccc(-c2nc(-c3ccc(-c4ccc5c(c4)nc(-c4ccccc4)c4ccc6oc7ccccc7c6c45)cc3)nc(-n3c4ccccc4c4ccccc43)n2)cc1. The fourth-order valence-electron chi connectivity index (χ4n) is 8.57. The summed E-state index contributed by atoms with van der Waals surface area (Å²) >= 11 is 0. The Bertz CT molecular complexity index is 3500. The number of para-hydroxylation sites is 3. The van der Waals surface area contributed by atoms with Gasteiger partial charge in [-0.3, -0.25) is 4.57 Å². The van der Waals surface area contributed by atoms with Gasteiger partial charge in [-0.25, -0.2) is 9.97 Å². The lowest BCUT2D eigenvalue weighted by molar-refractivity contribution is 0.669. The Hall–Kier alpha value is -7.96. The molecule has 0 bridgehead atoms. The maximum atomic E-state index is 6.36. The largest absolute Gasteiger partial charge is 0.456 e. The molecule has 0 aliphatic rings. The number of hydrogen-bond acceptors (Lipinski definition) is 5. The summed E-state index contributed by atoms with van der Waals surface area (Å²) in [5.41, 5.74) is 10.8. The van der Waals surface area contributed by atoms with Gasteiger partial charge in [0.2, 0.25) is 5.95 Å². The topological polar surface area (TPSA) is 69.6 Å². The van der Waals surface area contributed by atoms with Gasteiger partial charge >= 0.3 is 0 Å². The predicted octanol–water partition coefficient (Wildman–Crippen LogP) is 13.2. The lowest BCUT2D eigenvalue weighted by Crippen LogP contribution is -2.06. The summed E-state index contributed by atoms with van der Waals surface area (Å²) < 4.78 is 8.50. The van der Waals surface area contributed by atoms with Crippen LogP contribution in [0.1, 0.15) is 0 Å². The first-order chi connectivity index (χ1) is 28.7. The second-order valence-corrected chi connectivity index (χ2v) is 14.6. The molecule has 270 valence electrons. The van der Waals surface area contributed by atoms with Crippen molar-refractivity contribution in [1.29, 1.82) is 0 Å². The summed E-state index contributed by atoms with van der Waals surface area (Å²) in [5, 5.41) is 7.86. The summed E-state index contributed by atoms with van der Waals surface area (Å²) in [6, 6.07) is 65.0. The third-order valence-corrected chi connectivity index (χ3v) is 11.3. The molecule has 12 rings (SSSR count). The molecule has 6 nitrogen and oxygen atoms in total. The summed E-state index contributed by atoms with van der Waals surface area (Å²) in [6.45, 7) is 0. The standard InChI is InChI=1S/C52H31N5O/c1-3-13-33(14-4-1)49-41-29-30-46-48(40-19-9-12-22-45(40)58-46)47(41)39-28-27-36(31-42(39)53-49)32-23-25-35(26-24-32)51-54-50(34-15-5-2-6-16-34)55-52(56-51)57-43-20-10-7-17-37(43)38-18-8-11-21-44(38)57/h1-31H. The fraction of sp³-hybridized carbons (Fsp3) is 0. The number of hydrogen-bond donors (Lipinski definition) is 0. The van der Waals surface area contributed by atoms with E-state index in [2.05, 4.69) is 144 Å². The average Bonchev–Trinajstić information content (AvgIpc) is 3.85. The zero-order chi connectivity index (χ0) is 38.2. The lowest BCUT2D eigenvalue weighted by Gasteiger charge is -2.13. The molecule has 6 heteroatoms. The summed E-state index contributed by atoms with van der Waals surface area (Å²) in [5.74, 6) is 1.80. The van der Waals surface area contributed by atoms with E-state index in [-0.39, 0.29) is 0 Å². The van der Waals surface area contributed by atoms with Crippen LogP contribution >= 0.6 is 0 Å². The third kappa shape index (κ3) is 5.05. The van der Waals surface area contributed by atoms with Crippen molar-refractivity contribution in [2.75, 3.05) is 0 Å². The molecular formula is C52H31N5O. The van der Waals surface area contributed by atoms with Gasteiger partial charge in [-0.05, 0) is 47.5 Å². The molecule has 0 saturated heterocycles. The first-order valence-electron chi connectivity index (χ1n) is 19.4. The van der Waals surface area contributed by atoms with Crippen LogP contribution < -0.4 is 0 Å². The minimum absolute atomic E-state index is 0.576. The highest BCUT2D eigenvalue weighted by Gasteiger charge is 2.20. The van der Waals surface area contributed by atoms with Gasteiger partial charge in [0.05, 0.1) is 22.2 Å².